The zero-order valence-electron chi connectivity index (χ0n) is 12.0. The summed E-state index contributed by atoms with van der Waals surface area (Å²) in [6, 6.07) is 8.38. The van der Waals surface area contributed by atoms with Crippen molar-refractivity contribution >= 4 is 5.69 Å². The normalized spacial score (nSPS) is 14.7. The second kappa shape index (κ2) is 8.05. The third-order valence-corrected chi connectivity index (χ3v) is 3.55. The third kappa shape index (κ3) is 4.43. The van der Waals surface area contributed by atoms with Gasteiger partial charge in [-0.1, -0.05) is 31.9 Å². The van der Waals surface area contributed by atoms with Gasteiger partial charge in [-0.25, -0.2) is 0 Å². The molecule has 0 amide bonds. The lowest BCUT2D eigenvalue weighted by Crippen LogP contribution is -2.33. The van der Waals surface area contributed by atoms with E-state index in [0.717, 1.165) is 45.0 Å². The van der Waals surface area contributed by atoms with Crippen molar-refractivity contribution in [2.75, 3.05) is 37.7 Å². The fraction of sp³-hybridized carbons (Fsp3) is 0.625. The van der Waals surface area contributed by atoms with Crippen molar-refractivity contribution in [3.05, 3.63) is 24.3 Å². The van der Waals surface area contributed by atoms with Gasteiger partial charge < -0.3 is 15.0 Å². The van der Waals surface area contributed by atoms with Crippen molar-refractivity contribution in [2.45, 2.75) is 32.6 Å². The van der Waals surface area contributed by atoms with E-state index in [1.807, 2.05) is 6.07 Å². The number of fused-ring (bicyclic) bond motifs is 1. The van der Waals surface area contributed by atoms with E-state index < -0.39 is 0 Å². The van der Waals surface area contributed by atoms with Crippen LogP contribution in [0.5, 0.6) is 5.75 Å². The van der Waals surface area contributed by atoms with E-state index >= 15 is 0 Å². The molecule has 1 aromatic rings. The predicted octanol–water partition coefficient (Wildman–Crippen LogP) is 3.06. The van der Waals surface area contributed by atoms with Gasteiger partial charge >= 0.3 is 0 Å². The molecule has 2 rings (SSSR count). The van der Waals surface area contributed by atoms with Gasteiger partial charge in [-0.05, 0) is 31.5 Å². The molecule has 0 radical (unpaired) electrons. The van der Waals surface area contributed by atoms with Gasteiger partial charge in [0.15, 0.2) is 0 Å². The Hall–Kier alpha value is -1.22. The highest BCUT2D eigenvalue weighted by atomic mass is 16.5. The maximum atomic E-state index is 5.78. The van der Waals surface area contributed by atoms with Crippen molar-refractivity contribution < 1.29 is 4.74 Å². The van der Waals surface area contributed by atoms with E-state index in [9.17, 15) is 0 Å². The Bertz CT molecular complexity index is 368. The van der Waals surface area contributed by atoms with Crippen LogP contribution in [0, 0.1) is 0 Å². The standard InChI is InChI=1S/C16H26N2O/c1-2-3-6-10-17-11-13-18-12-7-14-19-16-9-5-4-8-15(16)18/h4-5,8-9,17H,2-3,6-7,10-14H2,1H3. The molecule has 0 fully saturated rings. The second-order valence-corrected chi connectivity index (χ2v) is 5.11. The molecule has 3 nitrogen and oxygen atoms in total. The lowest BCUT2D eigenvalue weighted by Gasteiger charge is -2.23. The maximum absolute atomic E-state index is 5.78. The monoisotopic (exact) mass is 262 g/mol. The number of anilines is 1. The fourth-order valence-electron chi connectivity index (χ4n) is 2.47. The van der Waals surface area contributed by atoms with Crippen molar-refractivity contribution in [3.8, 4) is 5.75 Å². The Morgan fingerprint density at radius 3 is 3.00 bits per heavy atom. The highest BCUT2D eigenvalue weighted by Crippen LogP contribution is 2.29. The molecule has 0 saturated heterocycles. The quantitative estimate of drug-likeness (QED) is 0.764. The van der Waals surface area contributed by atoms with E-state index in [0.29, 0.717) is 0 Å². The summed E-state index contributed by atoms with van der Waals surface area (Å²) in [5.74, 6) is 1.03. The molecule has 0 aliphatic carbocycles. The number of ether oxygens (including phenoxy) is 1. The van der Waals surface area contributed by atoms with Gasteiger partial charge in [-0.3, -0.25) is 0 Å². The van der Waals surface area contributed by atoms with Crippen LogP contribution in [0.4, 0.5) is 5.69 Å². The van der Waals surface area contributed by atoms with E-state index in [1.165, 1.54) is 24.9 Å². The lowest BCUT2D eigenvalue weighted by molar-refractivity contribution is 0.322. The van der Waals surface area contributed by atoms with E-state index in [2.05, 4.69) is 35.3 Å². The smallest absolute Gasteiger partial charge is 0.142 e. The van der Waals surface area contributed by atoms with Gasteiger partial charge in [0.25, 0.3) is 0 Å². The average molecular weight is 262 g/mol. The molecule has 0 atom stereocenters. The Labute approximate surface area is 116 Å². The van der Waals surface area contributed by atoms with Crippen LogP contribution in [0.3, 0.4) is 0 Å². The highest BCUT2D eigenvalue weighted by molar-refractivity contribution is 5.58. The zero-order chi connectivity index (χ0) is 13.3. The summed E-state index contributed by atoms with van der Waals surface area (Å²) in [4.78, 5) is 2.44. The molecular formula is C16H26N2O. The molecule has 19 heavy (non-hydrogen) atoms. The molecule has 1 N–H and O–H groups in total. The highest BCUT2D eigenvalue weighted by Gasteiger charge is 2.14. The Morgan fingerprint density at radius 1 is 1.21 bits per heavy atom. The third-order valence-electron chi connectivity index (χ3n) is 3.55. The largest absolute Gasteiger partial charge is 0.491 e. The van der Waals surface area contributed by atoms with E-state index in [-0.39, 0.29) is 0 Å². The van der Waals surface area contributed by atoms with Crippen molar-refractivity contribution in [3.63, 3.8) is 0 Å². The summed E-state index contributed by atoms with van der Waals surface area (Å²) in [5.41, 5.74) is 1.25. The van der Waals surface area contributed by atoms with Crippen LogP contribution in [0.15, 0.2) is 24.3 Å². The summed E-state index contributed by atoms with van der Waals surface area (Å²) >= 11 is 0. The van der Waals surface area contributed by atoms with Gasteiger partial charge in [0, 0.05) is 19.6 Å². The molecule has 0 aromatic heterocycles. The Kier molecular flexibility index (Phi) is 6.02. The lowest BCUT2D eigenvalue weighted by atomic mass is 10.2. The summed E-state index contributed by atoms with van der Waals surface area (Å²) in [6.45, 7) is 7.42. The van der Waals surface area contributed by atoms with Gasteiger partial charge in [0.2, 0.25) is 0 Å². The molecular weight excluding hydrogens is 236 g/mol. The van der Waals surface area contributed by atoms with Gasteiger partial charge in [-0.15, -0.1) is 0 Å². The topological polar surface area (TPSA) is 24.5 Å². The Balaban J connectivity index is 1.79. The van der Waals surface area contributed by atoms with E-state index in [4.69, 9.17) is 4.74 Å². The molecule has 1 heterocycles. The molecule has 0 unspecified atom stereocenters. The first kappa shape index (κ1) is 14.2. The number of hydrogen-bond acceptors (Lipinski definition) is 3. The molecule has 0 saturated carbocycles. The first-order chi connectivity index (χ1) is 9.42. The van der Waals surface area contributed by atoms with Crippen LogP contribution in [-0.4, -0.2) is 32.8 Å². The van der Waals surface area contributed by atoms with Gasteiger partial charge in [0.1, 0.15) is 5.75 Å². The van der Waals surface area contributed by atoms with Crippen LogP contribution in [0.25, 0.3) is 0 Å². The number of nitrogens with zero attached hydrogens (tertiary/aromatic N) is 1. The van der Waals surface area contributed by atoms with Crippen LogP contribution in [-0.2, 0) is 0 Å². The molecule has 1 aromatic carbocycles. The summed E-state index contributed by atoms with van der Waals surface area (Å²) < 4.78 is 5.78. The predicted molar refractivity (Wildman–Crippen MR) is 81.2 cm³/mol. The Morgan fingerprint density at radius 2 is 2.11 bits per heavy atom. The number of unbranched alkanes of at least 4 members (excludes halogenated alkanes) is 2. The summed E-state index contributed by atoms with van der Waals surface area (Å²) in [6.07, 6.45) is 5.01. The summed E-state index contributed by atoms with van der Waals surface area (Å²) in [7, 11) is 0. The van der Waals surface area contributed by atoms with Crippen LogP contribution >= 0.6 is 0 Å². The number of para-hydroxylation sites is 2. The van der Waals surface area contributed by atoms with Crippen LogP contribution in [0.2, 0.25) is 0 Å². The molecule has 3 heteroatoms. The molecule has 106 valence electrons. The number of nitrogens with one attached hydrogen (secondary N) is 1. The maximum Gasteiger partial charge on any atom is 0.142 e. The second-order valence-electron chi connectivity index (χ2n) is 5.11. The van der Waals surface area contributed by atoms with Gasteiger partial charge in [-0.2, -0.15) is 0 Å². The molecule has 1 aliphatic heterocycles. The van der Waals surface area contributed by atoms with Crippen LogP contribution < -0.4 is 15.0 Å². The molecule has 0 bridgehead atoms. The first-order valence-electron chi connectivity index (χ1n) is 7.59. The molecule has 1 aliphatic rings. The molecule has 0 spiro atoms. The minimum Gasteiger partial charge on any atom is -0.491 e. The number of benzene rings is 1. The summed E-state index contributed by atoms with van der Waals surface area (Å²) in [5, 5.41) is 3.54. The van der Waals surface area contributed by atoms with Crippen molar-refractivity contribution in [1.82, 2.24) is 5.32 Å². The average Bonchev–Trinajstić information content (AvgIpc) is 2.65. The van der Waals surface area contributed by atoms with Crippen molar-refractivity contribution in [1.29, 1.82) is 0 Å². The fourth-order valence-corrected chi connectivity index (χ4v) is 2.47. The zero-order valence-corrected chi connectivity index (χ0v) is 12.0. The minimum absolute atomic E-state index is 0.831. The van der Waals surface area contributed by atoms with E-state index in [1.54, 1.807) is 0 Å². The van der Waals surface area contributed by atoms with Crippen LogP contribution in [0.1, 0.15) is 32.6 Å². The van der Waals surface area contributed by atoms with Gasteiger partial charge in [0.05, 0.1) is 12.3 Å². The number of hydrogen-bond donors (Lipinski definition) is 1. The van der Waals surface area contributed by atoms with Crippen molar-refractivity contribution in [2.24, 2.45) is 0 Å². The first-order valence-corrected chi connectivity index (χ1v) is 7.59. The SMILES string of the molecule is CCCCCNCCN1CCCOc2ccccc21. The number of rotatable bonds is 7. The minimum atomic E-state index is 0.831.